The summed E-state index contributed by atoms with van der Waals surface area (Å²) >= 11 is 3.48. The van der Waals surface area contributed by atoms with Crippen molar-refractivity contribution in [2.24, 2.45) is 0 Å². The zero-order chi connectivity index (χ0) is 18.0. The monoisotopic (exact) mass is 401 g/mol. The van der Waals surface area contributed by atoms with Crippen LogP contribution in [0, 0.1) is 6.92 Å². The number of benzene rings is 2. The number of aryl methyl sites for hydroxylation is 1. The summed E-state index contributed by atoms with van der Waals surface area (Å²) in [7, 11) is 0. The van der Waals surface area contributed by atoms with Gasteiger partial charge in [-0.05, 0) is 43.7 Å². The van der Waals surface area contributed by atoms with Gasteiger partial charge in [0.25, 0.3) is 5.82 Å². The first-order chi connectivity index (χ1) is 12.0. The molecular weight excluding hydrogens is 380 g/mol. The summed E-state index contributed by atoms with van der Waals surface area (Å²) in [6.45, 7) is 8.10. The van der Waals surface area contributed by atoms with Gasteiger partial charge in [0, 0.05) is 17.5 Å². The summed E-state index contributed by atoms with van der Waals surface area (Å²) < 4.78 is 10.7. The Morgan fingerprint density at radius 2 is 1.88 bits per heavy atom. The molecule has 0 radical (unpaired) electrons. The van der Waals surface area contributed by atoms with Crippen LogP contribution < -0.4 is 4.57 Å². The number of esters is 1. The van der Waals surface area contributed by atoms with E-state index in [0.717, 1.165) is 28.6 Å². The molecule has 0 fully saturated rings. The van der Waals surface area contributed by atoms with Crippen LogP contribution in [-0.2, 0) is 17.8 Å². The van der Waals surface area contributed by atoms with Crippen LogP contribution >= 0.6 is 15.9 Å². The molecule has 0 aliphatic heterocycles. The van der Waals surface area contributed by atoms with Crippen LogP contribution in [0.25, 0.3) is 11.0 Å². The Kier molecular flexibility index (Phi) is 5.23. The highest BCUT2D eigenvalue weighted by molar-refractivity contribution is 9.10. The molecule has 0 amide bonds. The number of hydrogen-bond donors (Lipinski definition) is 0. The molecule has 25 heavy (non-hydrogen) atoms. The Morgan fingerprint density at radius 1 is 1.16 bits per heavy atom. The molecule has 0 atom stereocenters. The van der Waals surface area contributed by atoms with Gasteiger partial charge in [0.05, 0.1) is 18.7 Å². The Hall–Kier alpha value is -2.14. The van der Waals surface area contributed by atoms with E-state index >= 15 is 0 Å². The minimum atomic E-state index is -0.276. The SMILES string of the molecule is CCOC(=O)c1ccc2c(c1)n(Cc1ccc(Br)cc1)c(C)[n+]2CC. The number of aromatic nitrogens is 2. The third-order valence-electron chi connectivity index (χ3n) is 4.42. The van der Waals surface area contributed by atoms with Gasteiger partial charge in [0.2, 0.25) is 0 Å². The molecule has 0 N–H and O–H groups in total. The van der Waals surface area contributed by atoms with Crippen LogP contribution in [0.5, 0.6) is 0 Å². The van der Waals surface area contributed by atoms with Gasteiger partial charge in [-0.1, -0.05) is 28.1 Å². The number of rotatable bonds is 5. The molecule has 0 aliphatic rings. The highest BCUT2D eigenvalue weighted by Crippen LogP contribution is 2.20. The predicted molar refractivity (Wildman–Crippen MR) is 102 cm³/mol. The molecule has 3 rings (SSSR count). The van der Waals surface area contributed by atoms with Crippen molar-refractivity contribution in [1.82, 2.24) is 4.57 Å². The highest BCUT2D eigenvalue weighted by atomic mass is 79.9. The number of carbonyl (C=O) groups is 1. The summed E-state index contributed by atoms with van der Waals surface area (Å²) in [4.78, 5) is 12.1. The first kappa shape index (κ1) is 17.7. The molecule has 4 nitrogen and oxygen atoms in total. The molecule has 0 aliphatic carbocycles. The normalized spacial score (nSPS) is 11.0. The number of carbonyl (C=O) groups excluding carboxylic acids is 1. The number of nitrogens with zero attached hydrogens (tertiary/aromatic N) is 2. The zero-order valence-corrected chi connectivity index (χ0v) is 16.3. The average molecular weight is 402 g/mol. The lowest BCUT2D eigenvalue weighted by Gasteiger charge is -2.03. The van der Waals surface area contributed by atoms with Gasteiger partial charge in [-0.25, -0.2) is 13.9 Å². The number of imidazole rings is 1. The molecule has 0 unspecified atom stereocenters. The molecule has 1 aromatic heterocycles. The van der Waals surface area contributed by atoms with E-state index in [0.29, 0.717) is 12.2 Å². The van der Waals surface area contributed by atoms with E-state index in [1.807, 2.05) is 37.3 Å². The maximum absolute atomic E-state index is 12.1. The smallest absolute Gasteiger partial charge is 0.338 e. The van der Waals surface area contributed by atoms with E-state index in [1.54, 1.807) is 0 Å². The zero-order valence-electron chi connectivity index (χ0n) is 14.8. The van der Waals surface area contributed by atoms with Crippen LogP contribution in [-0.4, -0.2) is 17.1 Å². The van der Waals surface area contributed by atoms with E-state index in [-0.39, 0.29) is 5.97 Å². The van der Waals surface area contributed by atoms with Crippen molar-refractivity contribution in [2.45, 2.75) is 33.9 Å². The largest absolute Gasteiger partial charge is 0.462 e. The van der Waals surface area contributed by atoms with E-state index in [4.69, 9.17) is 4.74 Å². The number of halogens is 1. The van der Waals surface area contributed by atoms with E-state index in [2.05, 4.69) is 51.0 Å². The quantitative estimate of drug-likeness (QED) is 0.473. The van der Waals surface area contributed by atoms with Crippen molar-refractivity contribution in [3.8, 4) is 0 Å². The van der Waals surface area contributed by atoms with E-state index in [1.165, 1.54) is 11.4 Å². The summed E-state index contributed by atoms with van der Waals surface area (Å²) in [5, 5.41) is 0. The maximum Gasteiger partial charge on any atom is 0.338 e. The fourth-order valence-corrected chi connectivity index (χ4v) is 3.44. The van der Waals surface area contributed by atoms with Gasteiger partial charge in [-0.3, -0.25) is 0 Å². The molecule has 5 heteroatoms. The second-order valence-corrected chi connectivity index (χ2v) is 6.84. The van der Waals surface area contributed by atoms with Crippen LogP contribution in [0.3, 0.4) is 0 Å². The summed E-state index contributed by atoms with van der Waals surface area (Å²) in [6.07, 6.45) is 0. The fourth-order valence-electron chi connectivity index (χ4n) is 3.17. The van der Waals surface area contributed by atoms with Crippen molar-refractivity contribution in [1.29, 1.82) is 0 Å². The van der Waals surface area contributed by atoms with Crippen molar-refractivity contribution in [3.63, 3.8) is 0 Å². The van der Waals surface area contributed by atoms with Gasteiger partial charge in [-0.15, -0.1) is 0 Å². The molecule has 0 saturated heterocycles. The maximum atomic E-state index is 12.1. The Labute approximate surface area is 156 Å². The lowest BCUT2D eigenvalue weighted by molar-refractivity contribution is -0.674. The third kappa shape index (κ3) is 3.47. The van der Waals surface area contributed by atoms with Crippen molar-refractivity contribution < 1.29 is 14.1 Å². The minimum absolute atomic E-state index is 0.276. The van der Waals surface area contributed by atoms with Crippen LogP contribution in [0.15, 0.2) is 46.9 Å². The van der Waals surface area contributed by atoms with Crippen LogP contribution in [0.1, 0.15) is 35.6 Å². The molecule has 0 saturated carbocycles. The highest BCUT2D eigenvalue weighted by Gasteiger charge is 2.22. The number of fused-ring (bicyclic) bond motifs is 1. The van der Waals surface area contributed by atoms with E-state index in [9.17, 15) is 4.79 Å². The number of ether oxygens (including phenoxy) is 1. The van der Waals surface area contributed by atoms with Crippen LogP contribution in [0.4, 0.5) is 0 Å². The molecule has 130 valence electrons. The molecule has 0 spiro atoms. The van der Waals surface area contributed by atoms with Crippen molar-refractivity contribution >= 4 is 32.9 Å². The van der Waals surface area contributed by atoms with Gasteiger partial charge in [0.1, 0.15) is 6.54 Å². The fraction of sp³-hybridized carbons (Fsp3) is 0.300. The lowest BCUT2D eigenvalue weighted by Crippen LogP contribution is -2.35. The Balaban J connectivity index is 2.11. The third-order valence-corrected chi connectivity index (χ3v) is 4.95. The van der Waals surface area contributed by atoms with Crippen LogP contribution in [0.2, 0.25) is 0 Å². The summed E-state index contributed by atoms with van der Waals surface area (Å²) in [5.74, 6) is 0.892. The first-order valence-corrected chi connectivity index (χ1v) is 9.28. The second kappa shape index (κ2) is 7.40. The standard InChI is InChI=1S/C20H22BrN2O2/c1-4-22-14(3)23(13-15-6-9-17(21)10-7-15)19-12-16(8-11-18(19)22)20(24)25-5-2/h6-12H,4-5,13H2,1-3H3/q+1. The number of hydrogen-bond acceptors (Lipinski definition) is 2. The molecule has 1 heterocycles. The van der Waals surface area contributed by atoms with Gasteiger partial charge < -0.3 is 4.74 Å². The molecular formula is C20H22BrN2O2+. The lowest BCUT2D eigenvalue weighted by atomic mass is 10.2. The minimum Gasteiger partial charge on any atom is -0.462 e. The Bertz CT molecular complexity index is 914. The second-order valence-electron chi connectivity index (χ2n) is 5.93. The average Bonchev–Trinajstić information content (AvgIpc) is 2.88. The summed E-state index contributed by atoms with van der Waals surface area (Å²) in [5.41, 5.74) is 3.98. The van der Waals surface area contributed by atoms with Crippen molar-refractivity contribution in [3.05, 3.63) is 63.9 Å². The van der Waals surface area contributed by atoms with E-state index < -0.39 is 0 Å². The Morgan fingerprint density at radius 3 is 2.52 bits per heavy atom. The summed E-state index contributed by atoms with van der Waals surface area (Å²) in [6, 6.07) is 14.1. The topological polar surface area (TPSA) is 35.1 Å². The van der Waals surface area contributed by atoms with Gasteiger partial charge in [0.15, 0.2) is 11.0 Å². The molecule has 2 aromatic carbocycles. The van der Waals surface area contributed by atoms with Crippen molar-refractivity contribution in [2.75, 3.05) is 6.61 Å². The first-order valence-electron chi connectivity index (χ1n) is 8.49. The van der Waals surface area contributed by atoms with Gasteiger partial charge >= 0.3 is 5.97 Å². The van der Waals surface area contributed by atoms with Gasteiger partial charge in [-0.2, -0.15) is 0 Å². The predicted octanol–water partition coefficient (Wildman–Crippen LogP) is 4.24. The molecule has 3 aromatic rings. The molecule has 0 bridgehead atoms.